The van der Waals surface area contributed by atoms with Gasteiger partial charge in [0.25, 0.3) is 0 Å². The van der Waals surface area contributed by atoms with Gasteiger partial charge in [0, 0.05) is 6.54 Å². The third-order valence-electron chi connectivity index (χ3n) is 2.26. The van der Waals surface area contributed by atoms with Crippen molar-refractivity contribution in [3.8, 4) is 0 Å². The van der Waals surface area contributed by atoms with Gasteiger partial charge in [-0.3, -0.25) is 0 Å². The van der Waals surface area contributed by atoms with Crippen molar-refractivity contribution < 1.29 is 17.9 Å². The highest BCUT2D eigenvalue weighted by atomic mass is 32.2. The highest BCUT2D eigenvalue weighted by Crippen LogP contribution is 2.22. The minimum absolute atomic E-state index is 0.0754. The first-order valence-corrected chi connectivity index (χ1v) is 6.84. The molecule has 0 heterocycles. The Morgan fingerprint density at radius 1 is 1.42 bits per heavy atom. The van der Waals surface area contributed by atoms with E-state index in [9.17, 15) is 13.2 Å². The van der Waals surface area contributed by atoms with Crippen LogP contribution in [-0.4, -0.2) is 34.7 Å². The number of ether oxygens (including phenoxy) is 1. The summed E-state index contributed by atoms with van der Waals surface area (Å²) in [6, 6.07) is 4.28. The Morgan fingerprint density at radius 2 is 2.11 bits per heavy atom. The molecule has 1 rings (SSSR count). The van der Waals surface area contributed by atoms with Crippen LogP contribution in [0.5, 0.6) is 0 Å². The summed E-state index contributed by atoms with van der Waals surface area (Å²) in [5, 5.41) is 2.89. The second kappa shape index (κ2) is 6.25. The Kier molecular flexibility index (Phi) is 4.95. The van der Waals surface area contributed by atoms with Gasteiger partial charge in [-0.2, -0.15) is 0 Å². The number of hydrogen-bond donors (Lipinski definition) is 4. The van der Waals surface area contributed by atoms with Crippen molar-refractivity contribution in [3.05, 3.63) is 18.2 Å². The van der Waals surface area contributed by atoms with E-state index in [-0.39, 0.29) is 17.2 Å². The molecule has 6 N–H and O–H groups in total. The van der Waals surface area contributed by atoms with Gasteiger partial charge >= 0.3 is 6.09 Å². The number of benzene rings is 1. The molecular formula is C10H16N4O4S. The molecule has 0 aromatic heterocycles. The molecule has 0 fully saturated rings. The maximum absolute atomic E-state index is 11.5. The number of rotatable bonds is 6. The van der Waals surface area contributed by atoms with Crippen LogP contribution in [0.3, 0.4) is 0 Å². The molecule has 0 aliphatic heterocycles. The van der Waals surface area contributed by atoms with E-state index in [0.29, 0.717) is 12.2 Å². The maximum Gasteiger partial charge on any atom is 0.404 e. The molecule has 0 aliphatic rings. The standard InChI is InChI=1S/C10H16N4O4S/c1-13-19(16,17)7-2-3-9(8(11)6-7)14-4-5-18-10(12)15/h2-3,6,13-14H,4-5,11H2,1H3,(H2,12,15). The Hall–Kier alpha value is -2.00. The van der Waals surface area contributed by atoms with Crippen molar-refractivity contribution in [1.82, 2.24) is 4.72 Å². The fourth-order valence-electron chi connectivity index (χ4n) is 1.32. The minimum Gasteiger partial charge on any atom is -0.448 e. The number of amides is 1. The molecule has 1 aromatic rings. The fourth-order valence-corrected chi connectivity index (χ4v) is 2.09. The summed E-state index contributed by atoms with van der Waals surface area (Å²) in [4.78, 5) is 10.4. The molecule has 0 unspecified atom stereocenters. The van der Waals surface area contributed by atoms with E-state index >= 15 is 0 Å². The first kappa shape index (κ1) is 15.1. The monoisotopic (exact) mass is 288 g/mol. The van der Waals surface area contributed by atoms with Gasteiger partial charge in [0.15, 0.2) is 0 Å². The third kappa shape index (κ3) is 4.30. The van der Waals surface area contributed by atoms with Crippen molar-refractivity contribution in [2.45, 2.75) is 4.90 Å². The molecule has 0 bridgehead atoms. The van der Waals surface area contributed by atoms with Crippen molar-refractivity contribution in [3.63, 3.8) is 0 Å². The van der Waals surface area contributed by atoms with Gasteiger partial charge in [-0.05, 0) is 25.2 Å². The number of nitrogens with two attached hydrogens (primary N) is 2. The summed E-state index contributed by atoms with van der Waals surface area (Å²) in [5.41, 5.74) is 11.3. The fraction of sp³-hybridized carbons (Fsp3) is 0.300. The smallest absolute Gasteiger partial charge is 0.404 e. The van der Waals surface area contributed by atoms with E-state index < -0.39 is 16.1 Å². The zero-order valence-corrected chi connectivity index (χ0v) is 11.2. The molecule has 0 saturated carbocycles. The zero-order valence-electron chi connectivity index (χ0n) is 10.3. The number of nitrogens with one attached hydrogen (secondary N) is 2. The lowest BCUT2D eigenvalue weighted by atomic mass is 10.2. The van der Waals surface area contributed by atoms with Crippen LogP contribution in [0.1, 0.15) is 0 Å². The molecule has 0 radical (unpaired) electrons. The number of nitrogen functional groups attached to an aromatic ring is 1. The van der Waals surface area contributed by atoms with Crippen molar-refractivity contribution in [1.29, 1.82) is 0 Å². The minimum atomic E-state index is -3.52. The Bertz CT molecular complexity index is 559. The number of carbonyl (C=O) groups is 1. The summed E-state index contributed by atoms with van der Waals surface area (Å²) in [6.07, 6.45) is -0.856. The Morgan fingerprint density at radius 3 is 2.63 bits per heavy atom. The van der Waals surface area contributed by atoms with E-state index in [1.54, 1.807) is 0 Å². The van der Waals surface area contributed by atoms with Gasteiger partial charge in [-0.1, -0.05) is 0 Å². The predicted octanol–water partition coefficient (Wildman–Crippen LogP) is -0.316. The summed E-state index contributed by atoms with van der Waals surface area (Å²) in [7, 11) is -2.20. The van der Waals surface area contributed by atoms with Crippen LogP contribution in [0.2, 0.25) is 0 Å². The Balaban J connectivity index is 2.70. The molecule has 0 saturated heterocycles. The van der Waals surface area contributed by atoms with Crippen molar-refractivity contribution >= 4 is 27.5 Å². The highest BCUT2D eigenvalue weighted by Gasteiger charge is 2.12. The van der Waals surface area contributed by atoms with Crippen LogP contribution in [-0.2, 0) is 14.8 Å². The predicted molar refractivity (Wildman–Crippen MR) is 71.1 cm³/mol. The average molecular weight is 288 g/mol. The summed E-state index contributed by atoms with van der Waals surface area (Å²) >= 11 is 0. The second-order valence-corrected chi connectivity index (χ2v) is 5.44. The summed E-state index contributed by atoms with van der Waals surface area (Å²) in [5.74, 6) is 0. The topological polar surface area (TPSA) is 137 Å². The summed E-state index contributed by atoms with van der Waals surface area (Å²) in [6.45, 7) is 0.399. The van der Waals surface area contributed by atoms with E-state index in [4.69, 9.17) is 11.5 Å². The molecule has 0 atom stereocenters. The highest BCUT2D eigenvalue weighted by molar-refractivity contribution is 7.89. The molecule has 0 spiro atoms. The van der Waals surface area contributed by atoms with Gasteiger partial charge < -0.3 is 21.5 Å². The normalized spacial score (nSPS) is 11.0. The number of sulfonamides is 1. The molecule has 19 heavy (non-hydrogen) atoms. The SMILES string of the molecule is CNS(=O)(=O)c1ccc(NCCOC(N)=O)c(N)c1. The summed E-state index contributed by atoms with van der Waals surface area (Å²) < 4.78 is 29.8. The van der Waals surface area contributed by atoms with Crippen LogP contribution in [0, 0.1) is 0 Å². The first-order chi connectivity index (χ1) is 8.86. The number of carbonyl (C=O) groups excluding carboxylic acids is 1. The van der Waals surface area contributed by atoms with E-state index in [0.717, 1.165) is 0 Å². The molecule has 1 amide bonds. The van der Waals surface area contributed by atoms with E-state index in [2.05, 4.69) is 14.8 Å². The lowest BCUT2D eigenvalue weighted by Gasteiger charge is -2.11. The van der Waals surface area contributed by atoms with Crippen molar-refractivity contribution in [2.24, 2.45) is 5.73 Å². The third-order valence-corrected chi connectivity index (χ3v) is 3.68. The quantitative estimate of drug-likeness (QED) is 0.418. The van der Waals surface area contributed by atoms with Crippen LogP contribution in [0.15, 0.2) is 23.1 Å². The van der Waals surface area contributed by atoms with Crippen LogP contribution >= 0.6 is 0 Å². The molecule has 1 aromatic carbocycles. The molecule has 0 aliphatic carbocycles. The van der Waals surface area contributed by atoms with Gasteiger partial charge in [0.2, 0.25) is 10.0 Å². The second-order valence-electron chi connectivity index (χ2n) is 3.55. The maximum atomic E-state index is 11.5. The van der Waals surface area contributed by atoms with Gasteiger partial charge in [-0.25, -0.2) is 17.9 Å². The zero-order chi connectivity index (χ0) is 14.5. The molecular weight excluding hydrogens is 272 g/mol. The first-order valence-electron chi connectivity index (χ1n) is 5.36. The van der Waals surface area contributed by atoms with Crippen LogP contribution in [0.25, 0.3) is 0 Å². The van der Waals surface area contributed by atoms with Gasteiger partial charge in [0.1, 0.15) is 6.61 Å². The molecule has 106 valence electrons. The largest absolute Gasteiger partial charge is 0.448 e. The number of anilines is 2. The van der Waals surface area contributed by atoms with E-state index in [1.807, 2.05) is 0 Å². The van der Waals surface area contributed by atoms with E-state index in [1.165, 1.54) is 25.2 Å². The van der Waals surface area contributed by atoms with Crippen LogP contribution in [0.4, 0.5) is 16.2 Å². The van der Waals surface area contributed by atoms with Crippen molar-refractivity contribution in [2.75, 3.05) is 31.2 Å². The van der Waals surface area contributed by atoms with Gasteiger partial charge in [0.05, 0.1) is 16.3 Å². The number of hydrogen-bond acceptors (Lipinski definition) is 6. The Labute approximate surface area is 111 Å². The molecule has 8 nitrogen and oxygen atoms in total. The average Bonchev–Trinajstić information content (AvgIpc) is 2.35. The number of primary amides is 1. The van der Waals surface area contributed by atoms with Gasteiger partial charge in [-0.15, -0.1) is 0 Å². The molecule has 9 heteroatoms. The lowest BCUT2D eigenvalue weighted by Crippen LogP contribution is -2.20. The van der Waals surface area contributed by atoms with Crippen LogP contribution < -0.4 is 21.5 Å². The lowest BCUT2D eigenvalue weighted by molar-refractivity contribution is 0.161.